The van der Waals surface area contributed by atoms with Crippen LogP contribution in [-0.4, -0.2) is 17.8 Å². The van der Waals surface area contributed by atoms with Crippen molar-refractivity contribution in [1.29, 1.82) is 0 Å². The van der Waals surface area contributed by atoms with Gasteiger partial charge in [0, 0.05) is 5.56 Å². The quantitative estimate of drug-likeness (QED) is 0.324. The second kappa shape index (κ2) is 7.82. The Kier molecular flexibility index (Phi) is 4.90. The number of hydrogen-bond acceptors (Lipinski definition) is 4. The normalized spacial score (nSPS) is 14.8. The van der Waals surface area contributed by atoms with Gasteiger partial charge in [-0.15, -0.1) is 0 Å². The molecule has 6 heteroatoms. The Morgan fingerprint density at radius 2 is 1.45 bits per heavy atom. The summed E-state index contributed by atoms with van der Waals surface area (Å²) in [6.07, 6.45) is 1.42. The molecule has 142 valence electrons. The van der Waals surface area contributed by atoms with E-state index in [2.05, 4.69) is 5.43 Å². The van der Waals surface area contributed by atoms with Crippen LogP contribution >= 0.6 is 0 Å². The molecule has 0 saturated carbocycles. The van der Waals surface area contributed by atoms with E-state index in [0.29, 0.717) is 16.8 Å². The maximum atomic E-state index is 12.7. The van der Waals surface area contributed by atoms with Gasteiger partial charge in [0.25, 0.3) is 11.8 Å². The Balaban J connectivity index is 1.62. The van der Waals surface area contributed by atoms with Crippen LogP contribution in [0.3, 0.4) is 0 Å². The highest BCUT2D eigenvalue weighted by atomic mass is 16.5. The lowest BCUT2D eigenvalue weighted by atomic mass is 10.1. The van der Waals surface area contributed by atoms with Crippen molar-refractivity contribution in [2.75, 3.05) is 5.01 Å². The Labute approximate surface area is 167 Å². The molecule has 1 aliphatic rings. The van der Waals surface area contributed by atoms with Gasteiger partial charge < -0.3 is 4.74 Å². The average molecular weight is 384 g/mol. The summed E-state index contributed by atoms with van der Waals surface area (Å²) in [5.74, 6) is -1.27. The number of hydrazine groups is 1. The highest BCUT2D eigenvalue weighted by molar-refractivity contribution is 6.31. The van der Waals surface area contributed by atoms with Crippen LogP contribution in [-0.2, 0) is 9.59 Å². The van der Waals surface area contributed by atoms with Gasteiger partial charge in [0.15, 0.2) is 0 Å². The molecule has 1 heterocycles. The highest BCUT2D eigenvalue weighted by Gasteiger charge is 2.34. The molecule has 6 nitrogen and oxygen atoms in total. The van der Waals surface area contributed by atoms with Crippen molar-refractivity contribution < 1.29 is 19.1 Å². The van der Waals surface area contributed by atoms with E-state index >= 15 is 0 Å². The van der Waals surface area contributed by atoms with Crippen LogP contribution in [0.5, 0.6) is 5.75 Å². The predicted molar refractivity (Wildman–Crippen MR) is 108 cm³/mol. The number of anilines is 1. The molecular weight excluding hydrogens is 368 g/mol. The van der Waals surface area contributed by atoms with Crippen LogP contribution in [0.15, 0.2) is 90.5 Å². The summed E-state index contributed by atoms with van der Waals surface area (Å²) < 4.78 is 5.48. The number of nitrogens with one attached hydrogen (secondary N) is 1. The van der Waals surface area contributed by atoms with Crippen molar-refractivity contribution in [1.82, 2.24) is 5.43 Å². The third-order valence-corrected chi connectivity index (χ3v) is 4.34. The number of amides is 2. The zero-order valence-corrected chi connectivity index (χ0v) is 15.2. The summed E-state index contributed by atoms with van der Waals surface area (Å²) in [7, 11) is 0. The van der Waals surface area contributed by atoms with Gasteiger partial charge in [-0.25, -0.2) is 9.80 Å². The minimum absolute atomic E-state index is 0.0444. The van der Waals surface area contributed by atoms with Gasteiger partial charge in [-0.05, 0) is 36.4 Å². The molecule has 0 aromatic heterocycles. The molecule has 0 bridgehead atoms. The molecule has 4 rings (SSSR count). The van der Waals surface area contributed by atoms with Gasteiger partial charge >= 0.3 is 5.97 Å². The van der Waals surface area contributed by atoms with Gasteiger partial charge in [-0.1, -0.05) is 54.6 Å². The fraction of sp³-hybridized carbons (Fsp3) is 0. The Morgan fingerprint density at radius 3 is 2.17 bits per heavy atom. The third-order valence-electron chi connectivity index (χ3n) is 4.34. The van der Waals surface area contributed by atoms with Crippen molar-refractivity contribution in [2.45, 2.75) is 0 Å². The molecule has 29 heavy (non-hydrogen) atoms. The van der Waals surface area contributed by atoms with E-state index in [4.69, 9.17) is 4.74 Å². The summed E-state index contributed by atoms with van der Waals surface area (Å²) in [6.45, 7) is 0. The zero-order valence-electron chi connectivity index (χ0n) is 15.2. The van der Waals surface area contributed by atoms with E-state index in [0.717, 1.165) is 0 Å². The number of para-hydroxylation sites is 2. The van der Waals surface area contributed by atoms with Crippen LogP contribution < -0.4 is 15.2 Å². The first kappa shape index (κ1) is 18.2. The van der Waals surface area contributed by atoms with Crippen LogP contribution in [0.25, 0.3) is 6.08 Å². The van der Waals surface area contributed by atoms with E-state index < -0.39 is 17.8 Å². The molecule has 1 aliphatic heterocycles. The van der Waals surface area contributed by atoms with Crippen molar-refractivity contribution in [2.24, 2.45) is 0 Å². The minimum atomic E-state index is -0.525. The minimum Gasteiger partial charge on any atom is -0.422 e. The Bertz CT molecular complexity index is 1110. The van der Waals surface area contributed by atoms with E-state index in [-0.39, 0.29) is 11.3 Å². The van der Waals surface area contributed by atoms with Crippen LogP contribution in [0.4, 0.5) is 5.69 Å². The summed E-state index contributed by atoms with van der Waals surface area (Å²) >= 11 is 0. The molecule has 0 unspecified atom stereocenters. The Hall–Kier alpha value is -4.19. The molecule has 1 saturated heterocycles. The van der Waals surface area contributed by atoms with E-state index in [1.54, 1.807) is 78.9 Å². The molecule has 2 amide bonds. The van der Waals surface area contributed by atoms with Crippen molar-refractivity contribution in [3.05, 3.63) is 102 Å². The maximum absolute atomic E-state index is 12.7. The van der Waals surface area contributed by atoms with Crippen molar-refractivity contribution in [3.63, 3.8) is 0 Å². The predicted octanol–water partition coefficient (Wildman–Crippen LogP) is 3.37. The first-order valence-corrected chi connectivity index (χ1v) is 8.92. The molecule has 0 atom stereocenters. The molecule has 3 aromatic rings. The SMILES string of the molecule is O=C1NN(c2ccccc2)C(=O)/C1=C/c1ccccc1OC(=O)c1ccccc1. The van der Waals surface area contributed by atoms with Crippen LogP contribution in [0.2, 0.25) is 0 Å². The molecule has 1 fully saturated rings. The van der Waals surface area contributed by atoms with Crippen molar-refractivity contribution in [3.8, 4) is 5.75 Å². The molecule has 0 aliphatic carbocycles. The summed E-state index contributed by atoms with van der Waals surface area (Å²) in [5.41, 5.74) is 3.91. The second-order valence-corrected chi connectivity index (χ2v) is 6.27. The Morgan fingerprint density at radius 1 is 0.828 bits per heavy atom. The smallest absolute Gasteiger partial charge is 0.343 e. The monoisotopic (exact) mass is 384 g/mol. The topological polar surface area (TPSA) is 75.7 Å². The average Bonchev–Trinajstić information content (AvgIpc) is 3.04. The zero-order chi connectivity index (χ0) is 20.2. The van der Waals surface area contributed by atoms with E-state index in [1.165, 1.54) is 11.1 Å². The molecule has 0 radical (unpaired) electrons. The summed E-state index contributed by atoms with van der Waals surface area (Å²) in [5, 5.41) is 1.19. The number of ether oxygens (including phenoxy) is 1. The lowest BCUT2D eigenvalue weighted by Crippen LogP contribution is -2.35. The number of esters is 1. The van der Waals surface area contributed by atoms with Gasteiger partial charge in [0.05, 0.1) is 11.3 Å². The second-order valence-electron chi connectivity index (χ2n) is 6.27. The summed E-state index contributed by atoms with van der Waals surface area (Å²) in [6, 6.07) is 24.1. The fourth-order valence-corrected chi connectivity index (χ4v) is 2.90. The van der Waals surface area contributed by atoms with Gasteiger partial charge in [0.2, 0.25) is 0 Å². The van der Waals surface area contributed by atoms with E-state index in [9.17, 15) is 14.4 Å². The van der Waals surface area contributed by atoms with E-state index in [1.807, 2.05) is 6.07 Å². The molecular formula is C23H16N2O4. The third kappa shape index (κ3) is 3.77. The highest BCUT2D eigenvalue weighted by Crippen LogP contribution is 2.26. The number of hydrogen-bond donors (Lipinski definition) is 1. The first-order valence-electron chi connectivity index (χ1n) is 8.92. The van der Waals surface area contributed by atoms with Crippen LogP contribution in [0, 0.1) is 0 Å². The number of nitrogens with zero attached hydrogens (tertiary/aromatic N) is 1. The first-order chi connectivity index (χ1) is 14.1. The fourth-order valence-electron chi connectivity index (χ4n) is 2.90. The van der Waals surface area contributed by atoms with Gasteiger partial charge in [-0.3, -0.25) is 15.0 Å². The largest absolute Gasteiger partial charge is 0.422 e. The lowest BCUT2D eigenvalue weighted by molar-refractivity contribution is -0.117. The standard InChI is InChI=1S/C23H16N2O4/c26-21-19(22(27)25(24-21)18-12-5-2-6-13-18)15-17-11-7-8-14-20(17)29-23(28)16-9-3-1-4-10-16/h1-15H,(H,24,26)/b19-15+. The van der Waals surface area contributed by atoms with Crippen molar-refractivity contribution >= 4 is 29.5 Å². The molecule has 0 spiro atoms. The molecule has 1 N–H and O–H groups in total. The maximum Gasteiger partial charge on any atom is 0.343 e. The summed E-state index contributed by atoms with van der Waals surface area (Å²) in [4.78, 5) is 37.5. The lowest BCUT2D eigenvalue weighted by Gasteiger charge is -2.13. The number of rotatable bonds is 4. The van der Waals surface area contributed by atoms with Gasteiger partial charge in [-0.2, -0.15) is 0 Å². The van der Waals surface area contributed by atoms with Crippen LogP contribution in [0.1, 0.15) is 15.9 Å². The number of carbonyl (C=O) groups is 3. The number of carbonyl (C=O) groups excluding carboxylic acids is 3. The number of benzene rings is 3. The molecule has 3 aromatic carbocycles. The van der Waals surface area contributed by atoms with Gasteiger partial charge in [0.1, 0.15) is 11.3 Å².